The number of hydrogen-bond donors (Lipinski definition) is 2. The van der Waals surface area contributed by atoms with E-state index in [9.17, 15) is 13.2 Å². The number of para-hydroxylation sites is 2. The van der Waals surface area contributed by atoms with Crippen molar-refractivity contribution in [1.82, 2.24) is 20.2 Å². The summed E-state index contributed by atoms with van der Waals surface area (Å²) in [6.45, 7) is 4.61. The number of methoxy groups -OCH3 is 1. The highest BCUT2D eigenvalue weighted by atomic mass is 32.2. The van der Waals surface area contributed by atoms with Gasteiger partial charge >= 0.3 is 0 Å². The molecule has 11 heteroatoms. The van der Waals surface area contributed by atoms with E-state index in [-0.39, 0.29) is 10.8 Å². The SMILES string of the molecule is COc1ccccc1NS(=O)(=O)c1ccc(C(=O)NCCN2CCN(c3ncccn3)CC2)cc1. The fourth-order valence-corrected chi connectivity index (χ4v) is 4.84. The summed E-state index contributed by atoms with van der Waals surface area (Å²) in [5.74, 6) is 0.911. The second-order valence-corrected chi connectivity index (χ2v) is 9.65. The van der Waals surface area contributed by atoms with Crippen LogP contribution in [0.4, 0.5) is 11.6 Å². The lowest BCUT2D eigenvalue weighted by Crippen LogP contribution is -2.49. The van der Waals surface area contributed by atoms with Crippen LogP contribution in [0.15, 0.2) is 71.9 Å². The summed E-state index contributed by atoms with van der Waals surface area (Å²) in [5.41, 5.74) is 0.737. The Morgan fingerprint density at radius 2 is 1.66 bits per heavy atom. The standard InChI is InChI=1S/C24H28N6O4S/c1-34-22-6-3-2-5-21(22)28-35(32,33)20-9-7-19(8-10-20)23(31)25-13-14-29-15-17-30(18-16-29)24-26-11-4-12-27-24/h2-12,28H,13-18H2,1H3,(H,25,31). The lowest BCUT2D eigenvalue weighted by atomic mass is 10.2. The lowest BCUT2D eigenvalue weighted by Gasteiger charge is -2.34. The van der Waals surface area contributed by atoms with E-state index in [0.29, 0.717) is 23.5 Å². The molecule has 1 saturated heterocycles. The van der Waals surface area contributed by atoms with Crippen LogP contribution in [0.1, 0.15) is 10.4 Å². The fraction of sp³-hybridized carbons (Fsp3) is 0.292. The first kappa shape index (κ1) is 24.4. The van der Waals surface area contributed by atoms with Crippen LogP contribution in [0.3, 0.4) is 0 Å². The molecule has 1 fully saturated rings. The molecule has 0 aliphatic carbocycles. The highest BCUT2D eigenvalue weighted by molar-refractivity contribution is 7.92. The number of aromatic nitrogens is 2. The van der Waals surface area contributed by atoms with Gasteiger partial charge in [-0.1, -0.05) is 12.1 Å². The molecule has 0 atom stereocenters. The number of nitrogens with zero attached hydrogens (tertiary/aromatic N) is 4. The van der Waals surface area contributed by atoms with Crippen LogP contribution >= 0.6 is 0 Å². The summed E-state index contributed by atoms with van der Waals surface area (Å²) in [5, 5.41) is 2.90. The third-order valence-electron chi connectivity index (χ3n) is 5.70. The minimum atomic E-state index is -3.83. The molecule has 2 aromatic carbocycles. The molecule has 2 heterocycles. The number of carbonyl (C=O) groups excluding carboxylic acids is 1. The fourth-order valence-electron chi connectivity index (χ4n) is 3.77. The van der Waals surface area contributed by atoms with E-state index in [0.717, 1.165) is 38.7 Å². The molecule has 35 heavy (non-hydrogen) atoms. The van der Waals surface area contributed by atoms with Gasteiger partial charge in [0.15, 0.2) is 0 Å². The van der Waals surface area contributed by atoms with Gasteiger partial charge < -0.3 is 15.0 Å². The second-order valence-electron chi connectivity index (χ2n) is 7.96. The van der Waals surface area contributed by atoms with E-state index >= 15 is 0 Å². The van der Waals surface area contributed by atoms with Gasteiger partial charge in [-0.05, 0) is 42.5 Å². The number of rotatable bonds is 9. The molecule has 2 N–H and O–H groups in total. The third kappa shape index (κ3) is 6.25. The van der Waals surface area contributed by atoms with Gasteiger partial charge in [0.05, 0.1) is 17.7 Å². The van der Waals surface area contributed by atoms with Crippen LogP contribution < -0.4 is 19.7 Å². The van der Waals surface area contributed by atoms with Crippen molar-refractivity contribution in [3.05, 3.63) is 72.6 Å². The van der Waals surface area contributed by atoms with Gasteiger partial charge in [-0.15, -0.1) is 0 Å². The Bertz CT molecular complexity index is 1230. The predicted molar refractivity (Wildman–Crippen MR) is 133 cm³/mol. The van der Waals surface area contributed by atoms with E-state index in [4.69, 9.17) is 4.74 Å². The molecule has 1 aliphatic heterocycles. The molecule has 1 aromatic heterocycles. The first-order chi connectivity index (χ1) is 17.0. The number of benzene rings is 2. The predicted octanol–water partition coefficient (Wildman–Crippen LogP) is 1.84. The molecule has 0 spiro atoms. The van der Waals surface area contributed by atoms with Crippen LogP contribution in [0, 0.1) is 0 Å². The van der Waals surface area contributed by atoms with Crippen LogP contribution in [0.25, 0.3) is 0 Å². The Morgan fingerprint density at radius 3 is 2.34 bits per heavy atom. The zero-order valence-corrected chi connectivity index (χ0v) is 20.2. The van der Waals surface area contributed by atoms with Crippen molar-refractivity contribution in [2.75, 3.05) is 56.0 Å². The van der Waals surface area contributed by atoms with Crippen LogP contribution in [0.5, 0.6) is 5.75 Å². The monoisotopic (exact) mass is 496 g/mol. The first-order valence-electron chi connectivity index (χ1n) is 11.2. The number of amides is 1. The summed E-state index contributed by atoms with van der Waals surface area (Å²) in [7, 11) is -2.35. The molecular weight excluding hydrogens is 468 g/mol. The topological polar surface area (TPSA) is 117 Å². The Hall–Kier alpha value is -3.70. The molecule has 0 unspecified atom stereocenters. The van der Waals surface area contributed by atoms with Crippen molar-refractivity contribution in [3.63, 3.8) is 0 Å². The molecule has 10 nitrogen and oxygen atoms in total. The molecule has 1 aliphatic rings. The average Bonchev–Trinajstić information content (AvgIpc) is 2.90. The number of nitrogens with one attached hydrogen (secondary N) is 2. The van der Waals surface area contributed by atoms with Gasteiger partial charge in [0.2, 0.25) is 5.95 Å². The van der Waals surface area contributed by atoms with Crippen LogP contribution in [-0.2, 0) is 10.0 Å². The number of hydrogen-bond acceptors (Lipinski definition) is 8. The minimum absolute atomic E-state index is 0.0558. The smallest absolute Gasteiger partial charge is 0.262 e. The Kier molecular flexibility index (Phi) is 7.78. The van der Waals surface area contributed by atoms with E-state index in [1.54, 1.807) is 42.7 Å². The van der Waals surface area contributed by atoms with Crippen molar-refractivity contribution in [2.45, 2.75) is 4.90 Å². The van der Waals surface area contributed by atoms with Crippen molar-refractivity contribution in [3.8, 4) is 5.75 Å². The van der Waals surface area contributed by atoms with Gasteiger partial charge in [0, 0.05) is 57.2 Å². The molecule has 3 aromatic rings. The average molecular weight is 497 g/mol. The number of sulfonamides is 1. The second kappa shape index (κ2) is 11.2. The summed E-state index contributed by atoms with van der Waals surface area (Å²) in [4.78, 5) is 25.6. The third-order valence-corrected chi connectivity index (χ3v) is 7.08. The minimum Gasteiger partial charge on any atom is -0.495 e. The maximum Gasteiger partial charge on any atom is 0.262 e. The summed E-state index contributed by atoms with van der Waals surface area (Å²) in [6, 6.07) is 14.4. The molecule has 0 radical (unpaired) electrons. The number of anilines is 2. The highest BCUT2D eigenvalue weighted by Crippen LogP contribution is 2.26. The molecule has 0 saturated carbocycles. The van der Waals surface area contributed by atoms with Crippen molar-refractivity contribution < 1.29 is 17.9 Å². The van der Waals surface area contributed by atoms with Gasteiger partial charge in [-0.2, -0.15) is 0 Å². The van der Waals surface area contributed by atoms with Gasteiger partial charge in [0.25, 0.3) is 15.9 Å². The van der Waals surface area contributed by atoms with E-state index in [2.05, 4.69) is 29.8 Å². The zero-order valence-electron chi connectivity index (χ0n) is 19.4. The number of piperazine rings is 1. The van der Waals surface area contributed by atoms with Gasteiger partial charge in [0.1, 0.15) is 5.75 Å². The highest BCUT2D eigenvalue weighted by Gasteiger charge is 2.19. The zero-order chi connectivity index (χ0) is 24.7. The first-order valence-corrected chi connectivity index (χ1v) is 12.7. The Morgan fingerprint density at radius 1 is 0.971 bits per heavy atom. The molecule has 4 rings (SSSR count). The lowest BCUT2D eigenvalue weighted by molar-refractivity contribution is 0.0947. The largest absolute Gasteiger partial charge is 0.495 e. The molecule has 0 bridgehead atoms. The maximum atomic E-state index is 12.7. The summed E-state index contributed by atoms with van der Waals surface area (Å²) < 4.78 is 33.2. The van der Waals surface area contributed by atoms with E-state index < -0.39 is 10.0 Å². The van der Waals surface area contributed by atoms with E-state index in [1.807, 2.05) is 0 Å². The molecule has 184 valence electrons. The maximum absolute atomic E-state index is 12.7. The number of carbonyl (C=O) groups is 1. The Balaban J connectivity index is 1.25. The number of ether oxygens (including phenoxy) is 1. The summed E-state index contributed by atoms with van der Waals surface area (Å²) >= 11 is 0. The van der Waals surface area contributed by atoms with Crippen LogP contribution in [0.2, 0.25) is 0 Å². The quantitative estimate of drug-likeness (QED) is 0.461. The van der Waals surface area contributed by atoms with Crippen LogP contribution in [-0.4, -0.2) is 75.6 Å². The van der Waals surface area contributed by atoms with Gasteiger partial charge in [-0.25, -0.2) is 18.4 Å². The van der Waals surface area contributed by atoms with Crippen molar-refractivity contribution >= 4 is 27.6 Å². The van der Waals surface area contributed by atoms with Gasteiger partial charge in [-0.3, -0.25) is 14.4 Å². The van der Waals surface area contributed by atoms with E-state index in [1.165, 1.54) is 31.4 Å². The summed E-state index contributed by atoms with van der Waals surface area (Å²) in [6.07, 6.45) is 3.48. The molecule has 1 amide bonds. The van der Waals surface area contributed by atoms with Crippen molar-refractivity contribution in [1.29, 1.82) is 0 Å². The molecular formula is C24H28N6O4S. The van der Waals surface area contributed by atoms with Crippen molar-refractivity contribution in [2.24, 2.45) is 0 Å². The Labute approximate surface area is 205 Å². The normalized spacial score (nSPS) is 14.4.